The zero-order valence-electron chi connectivity index (χ0n) is 9.31. The largest absolute Gasteiger partial charge is 0.355 e. The minimum atomic E-state index is 0.0978. The van der Waals surface area contributed by atoms with E-state index in [2.05, 4.69) is 19.2 Å². The number of carbonyl (C=O) groups is 1. The molecule has 3 heteroatoms. The topological polar surface area (TPSA) is 29.1 Å². The number of nitrogens with one attached hydrogen (secondary N) is 1. The Kier molecular flexibility index (Phi) is 5.45. The lowest BCUT2D eigenvalue weighted by Gasteiger charge is -2.26. The number of hydrogen-bond acceptors (Lipinski definition) is 2. The van der Waals surface area contributed by atoms with E-state index in [1.54, 1.807) is 0 Å². The first kappa shape index (κ1) is 12.8. The lowest BCUT2D eigenvalue weighted by molar-refractivity contribution is -0.124. The molecule has 1 unspecified atom stereocenters. The summed E-state index contributed by atoms with van der Waals surface area (Å²) in [6.07, 6.45) is 0. The van der Waals surface area contributed by atoms with Gasteiger partial charge in [-0.25, -0.2) is 0 Å². The molecule has 1 heterocycles. The first-order valence-electron chi connectivity index (χ1n) is 4.96. The highest BCUT2D eigenvalue weighted by Crippen LogP contribution is 2.33. The molecular weight excluding hydrogens is 182 g/mol. The molecule has 1 atom stereocenters. The highest BCUT2D eigenvalue weighted by Gasteiger charge is 2.33. The Morgan fingerprint density at radius 2 is 2.00 bits per heavy atom. The van der Waals surface area contributed by atoms with Crippen LogP contribution in [-0.2, 0) is 4.79 Å². The van der Waals surface area contributed by atoms with Gasteiger partial charge in [0.2, 0.25) is 5.91 Å². The third-order valence-electron chi connectivity index (χ3n) is 2.31. The quantitative estimate of drug-likeness (QED) is 0.654. The molecule has 0 saturated carbocycles. The van der Waals surface area contributed by atoms with Crippen LogP contribution in [0.3, 0.4) is 0 Å². The Morgan fingerprint density at radius 3 is 2.54 bits per heavy atom. The molecule has 1 saturated heterocycles. The van der Waals surface area contributed by atoms with Gasteiger partial charge in [0, 0.05) is 23.0 Å². The van der Waals surface area contributed by atoms with E-state index in [-0.39, 0.29) is 16.6 Å². The predicted octanol–water partition coefficient (Wildman–Crippen LogP) is 2.29. The van der Waals surface area contributed by atoms with Gasteiger partial charge in [-0.1, -0.05) is 20.8 Å². The average molecular weight is 203 g/mol. The van der Waals surface area contributed by atoms with Crippen molar-refractivity contribution in [1.82, 2.24) is 5.32 Å². The molecule has 1 rings (SSSR count). The maximum Gasteiger partial charge on any atom is 0.224 e. The molecule has 0 aromatic heterocycles. The Labute approximate surface area is 85.9 Å². The van der Waals surface area contributed by atoms with Gasteiger partial charge in [-0.15, -0.1) is 0 Å². The van der Waals surface area contributed by atoms with Crippen LogP contribution in [0.4, 0.5) is 0 Å². The third-order valence-corrected chi connectivity index (χ3v) is 3.82. The van der Waals surface area contributed by atoms with Crippen LogP contribution in [0.1, 0.15) is 34.6 Å². The molecule has 78 valence electrons. The van der Waals surface area contributed by atoms with Crippen LogP contribution in [-0.4, -0.2) is 23.0 Å². The van der Waals surface area contributed by atoms with E-state index in [4.69, 9.17) is 0 Å². The number of carbonyl (C=O) groups excluding carboxylic acids is 1. The Morgan fingerprint density at radius 1 is 1.46 bits per heavy atom. The monoisotopic (exact) mass is 203 g/mol. The van der Waals surface area contributed by atoms with Crippen molar-refractivity contribution in [2.45, 2.75) is 39.4 Å². The van der Waals surface area contributed by atoms with Crippen LogP contribution < -0.4 is 5.32 Å². The van der Waals surface area contributed by atoms with E-state index in [0.717, 1.165) is 12.3 Å². The summed E-state index contributed by atoms with van der Waals surface area (Å²) in [4.78, 5) is 11.3. The van der Waals surface area contributed by atoms with E-state index in [9.17, 15) is 4.79 Å². The summed E-state index contributed by atoms with van der Waals surface area (Å²) in [6.45, 7) is 11.1. The second-order valence-electron chi connectivity index (χ2n) is 3.46. The lowest BCUT2D eigenvalue weighted by Crippen LogP contribution is -2.36. The molecule has 1 amide bonds. The standard InChI is InChI=1S/C8H15NOS.C2H6/c1-6-7(10)9-4-5-11-8(6,2)3;1-2/h6H,4-5H2,1-3H3,(H,9,10);1-2H3. The maximum absolute atomic E-state index is 11.3. The van der Waals surface area contributed by atoms with Gasteiger partial charge in [-0.05, 0) is 13.8 Å². The van der Waals surface area contributed by atoms with Gasteiger partial charge >= 0.3 is 0 Å². The normalized spacial score (nSPS) is 26.5. The fraction of sp³-hybridized carbons (Fsp3) is 0.900. The van der Waals surface area contributed by atoms with Gasteiger partial charge in [-0.3, -0.25) is 4.79 Å². The van der Waals surface area contributed by atoms with Gasteiger partial charge in [-0.2, -0.15) is 11.8 Å². The summed E-state index contributed by atoms with van der Waals surface area (Å²) >= 11 is 1.87. The SMILES string of the molecule is CC.CC1C(=O)NCCSC1(C)C. The summed E-state index contributed by atoms with van der Waals surface area (Å²) in [6, 6.07) is 0. The highest BCUT2D eigenvalue weighted by molar-refractivity contribution is 8.00. The molecule has 0 aromatic rings. The summed E-state index contributed by atoms with van der Waals surface area (Å²) in [5.41, 5.74) is 0. The molecule has 0 aromatic carbocycles. The van der Waals surface area contributed by atoms with E-state index < -0.39 is 0 Å². The molecule has 1 aliphatic heterocycles. The van der Waals surface area contributed by atoms with Crippen molar-refractivity contribution in [3.63, 3.8) is 0 Å². The van der Waals surface area contributed by atoms with Gasteiger partial charge in [0.15, 0.2) is 0 Å². The fourth-order valence-electron chi connectivity index (χ4n) is 1.08. The zero-order chi connectivity index (χ0) is 10.5. The average Bonchev–Trinajstić information content (AvgIpc) is 2.23. The Bertz CT molecular complexity index is 168. The second kappa shape index (κ2) is 5.53. The molecule has 0 bridgehead atoms. The lowest BCUT2D eigenvalue weighted by atomic mass is 9.96. The first-order valence-corrected chi connectivity index (χ1v) is 5.94. The molecule has 0 aliphatic carbocycles. The van der Waals surface area contributed by atoms with Crippen molar-refractivity contribution in [2.75, 3.05) is 12.3 Å². The van der Waals surface area contributed by atoms with Crippen LogP contribution in [0, 0.1) is 5.92 Å². The third kappa shape index (κ3) is 3.59. The minimum Gasteiger partial charge on any atom is -0.355 e. The molecule has 1 fully saturated rings. The molecule has 13 heavy (non-hydrogen) atoms. The predicted molar refractivity (Wildman–Crippen MR) is 60.1 cm³/mol. The number of amides is 1. The number of thioether (sulfide) groups is 1. The number of hydrogen-bond donors (Lipinski definition) is 1. The maximum atomic E-state index is 11.3. The molecule has 1 aliphatic rings. The van der Waals surface area contributed by atoms with Crippen LogP contribution in [0.2, 0.25) is 0 Å². The van der Waals surface area contributed by atoms with E-state index in [1.165, 1.54) is 0 Å². The zero-order valence-corrected chi connectivity index (χ0v) is 10.1. The van der Waals surface area contributed by atoms with Crippen molar-refractivity contribution in [3.05, 3.63) is 0 Å². The van der Waals surface area contributed by atoms with Crippen molar-refractivity contribution < 1.29 is 4.79 Å². The van der Waals surface area contributed by atoms with E-state index >= 15 is 0 Å². The van der Waals surface area contributed by atoms with Crippen molar-refractivity contribution in [2.24, 2.45) is 5.92 Å². The first-order chi connectivity index (χ1) is 6.04. The second-order valence-corrected chi connectivity index (χ2v) is 5.21. The van der Waals surface area contributed by atoms with Crippen molar-refractivity contribution >= 4 is 17.7 Å². The highest BCUT2D eigenvalue weighted by atomic mass is 32.2. The fourth-order valence-corrected chi connectivity index (χ4v) is 2.17. The van der Waals surface area contributed by atoms with Gasteiger partial charge in [0.05, 0.1) is 0 Å². The summed E-state index contributed by atoms with van der Waals surface area (Å²) in [7, 11) is 0. The van der Waals surface area contributed by atoms with Gasteiger partial charge in [0.25, 0.3) is 0 Å². The molecule has 0 radical (unpaired) electrons. The van der Waals surface area contributed by atoms with E-state index in [1.807, 2.05) is 32.5 Å². The van der Waals surface area contributed by atoms with E-state index in [0.29, 0.717) is 0 Å². The minimum absolute atomic E-state index is 0.0978. The van der Waals surface area contributed by atoms with Crippen LogP contribution in [0.25, 0.3) is 0 Å². The Balaban J connectivity index is 0.000000671. The van der Waals surface area contributed by atoms with Crippen LogP contribution >= 0.6 is 11.8 Å². The summed E-state index contributed by atoms with van der Waals surface area (Å²) in [5.74, 6) is 1.35. The summed E-state index contributed by atoms with van der Waals surface area (Å²) < 4.78 is 0.0978. The molecular formula is C10H21NOS. The van der Waals surface area contributed by atoms with Gasteiger partial charge < -0.3 is 5.32 Å². The van der Waals surface area contributed by atoms with Crippen LogP contribution in [0.15, 0.2) is 0 Å². The van der Waals surface area contributed by atoms with Crippen LogP contribution in [0.5, 0.6) is 0 Å². The van der Waals surface area contributed by atoms with Gasteiger partial charge in [0.1, 0.15) is 0 Å². The Hall–Kier alpha value is -0.180. The van der Waals surface area contributed by atoms with Crippen molar-refractivity contribution in [3.8, 4) is 0 Å². The summed E-state index contributed by atoms with van der Waals surface area (Å²) in [5, 5.41) is 2.89. The molecule has 0 spiro atoms. The smallest absolute Gasteiger partial charge is 0.224 e. The molecule has 2 nitrogen and oxygen atoms in total. The molecule has 1 N–H and O–H groups in total. The van der Waals surface area contributed by atoms with Crippen molar-refractivity contribution in [1.29, 1.82) is 0 Å². The number of rotatable bonds is 0.